The lowest BCUT2D eigenvalue weighted by atomic mass is 10.1. The van der Waals surface area contributed by atoms with E-state index in [1.54, 1.807) is 12.1 Å². The van der Waals surface area contributed by atoms with Gasteiger partial charge in [0, 0.05) is 30.2 Å². The van der Waals surface area contributed by atoms with Gasteiger partial charge in [-0.3, -0.25) is 14.5 Å². The summed E-state index contributed by atoms with van der Waals surface area (Å²) in [5.74, 6) is -0.392. The van der Waals surface area contributed by atoms with E-state index in [0.29, 0.717) is 46.9 Å². The van der Waals surface area contributed by atoms with Gasteiger partial charge in [0.2, 0.25) is 5.91 Å². The molecule has 0 saturated carbocycles. The number of morpholine rings is 1. The van der Waals surface area contributed by atoms with Crippen LogP contribution in [0.5, 0.6) is 5.75 Å². The Morgan fingerprint density at radius 2 is 2.20 bits per heavy atom. The third-order valence-corrected chi connectivity index (χ3v) is 5.52. The van der Waals surface area contributed by atoms with Gasteiger partial charge in [0.05, 0.1) is 22.8 Å². The van der Waals surface area contributed by atoms with E-state index in [2.05, 4.69) is 27.2 Å². The van der Waals surface area contributed by atoms with Crippen molar-refractivity contribution in [2.24, 2.45) is 0 Å². The van der Waals surface area contributed by atoms with Crippen molar-refractivity contribution in [2.45, 2.75) is 13.0 Å². The first-order valence-electron chi connectivity index (χ1n) is 10.8. The maximum absolute atomic E-state index is 13.5. The topological polar surface area (TPSA) is 106 Å². The molecule has 1 atom stereocenters. The van der Waals surface area contributed by atoms with Crippen LogP contribution in [0.2, 0.25) is 5.02 Å². The van der Waals surface area contributed by atoms with E-state index in [9.17, 15) is 14.0 Å². The van der Waals surface area contributed by atoms with Gasteiger partial charge in [-0.2, -0.15) is 0 Å². The molecule has 2 N–H and O–H groups in total. The Hall–Kier alpha value is -3.76. The number of carbonyl (C=O) groups excluding carboxylic acids is 2. The number of nitrogens with zero attached hydrogens (tertiary/aromatic N) is 3. The molecule has 0 spiro atoms. The molecule has 11 heteroatoms. The predicted octanol–water partition coefficient (Wildman–Crippen LogP) is 3.92. The third-order valence-electron chi connectivity index (χ3n) is 5.23. The third kappa shape index (κ3) is 6.03. The standard InChI is InChI=1S/C24H23ClFN5O4/c1-3-22(32)30-20-9-16-19(10-21(20)34-7-6-31-11-14(2)35-23(33)12-31)27-13-28-24(16)29-15-4-5-18(26)17(25)8-15/h3-5,8-10,13-14H,1,6-7,11-12H2,2H3,(H,30,32)(H,27,28,29)/t14-/m1/s1. The number of benzene rings is 2. The number of ether oxygens (including phenoxy) is 2. The van der Waals surface area contributed by atoms with E-state index in [4.69, 9.17) is 21.1 Å². The first-order chi connectivity index (χ1) is 16.8. The summed E-state index contributed by atoms with van der Waals surface area (Å²) < 4.78 is 24.6. The zero-order valence-electron chi connectivity index (χ0n) is 18.9. The number of nitrogens with one attached hydrogen (secondary N) is 2. The minimum Gasteiger partial charge on any atom is -0.490 e. The first-order valence-corrected chi connectivity index (χ1v) is 11.2. The number of hydrogen-bond donors (Lipinski definition) is 2. The van der Waals surface area contributed by atoms with Crippen LogP contribution in [0.15, 0.2) is 49.3 Å². The van der Waals surface area contributed by atoms with Gasteiger partial charge in [0.1, 0.15) is 36.4 Å². The molecule has 1 aliphatic heterocycles. The lowest BCUT2D eigenvalue weighted by molar-refractivity contribution is -0.157. The summed E-state index contributed by atoms with van der Waals surface area (Å²) in [6, 6.07) is 7.59. The van der Waals surface area contributed by atoms with Crippen LogP contribution in [0, 0.1) is 5.82 Å². The molecule has 182 valence electrons. The highest BCUT2D eigenvalue weighted by molar-refractivity contribution is 6.31. The smallest absolute Gasteiger partial charge is 0.320 e. The Balaban J connectivity index is 1.59. The number of cyclic esters (lactones) is 1. The molecule has 0 radical (unpaired) electrons. The van der Waals surface area contributed by atoms with Gasteiger partial charge in [-0.1, -0.05) is 18.2 Å². The highest BCUT2D eigenvalue weighted by atomic mass is 35.5. The number of anilines is 3. The lowest BCUT2D eigenvalue weighted by Gasteiger charge is -2.30. The van der Waals surface area contributed by atoms with Gasteiger partial charge in [0.25, 0.3) is 0 Å². The van der Waals surface area contributed by atoms with E-state index < -0.39 is 11.7 Å². The second-order valence-corrected chi connectivity index (χ2v) is 8.33. The molecule has 9 nitrogen and oxygen atoms in total. The Morgan fingerprint density at radius 3 is 2.94 bits per heavy atom. The van der Waals surface area contributed by atoms with Crippen LogP contribution >= 0.6 is 11.6 Å². The van der Waals surface area contributed by atoms with Gasteiger partial charge in [-0.15, -0.1) is 0 Å². The SMILES string of the molecule is C=CC(=O)Nc1cc2c(Nc3ccc(F)c(Cl)c3)ncnc2cc1OCCN1CC(=O)O[C@H](C)C1. The molecule has 1 saturated heterocycles. The highest BCUT2D eigenvalue weighted by Gasteiger charge is 2.23. The van der Waals surface area contributed by atoms with Crippen molar-refractivity contribution >= 4 is 51.6 Å². The second kappa shape index (κ2) is 10.7. The van der Waals surface area contributed by atoms with Crippen molar-refractivity contribution in [1.82, 2.24) is 14.9 Å². The fourth-order valence-electron chi connectivity index (χ4n) is 3.66. The average Bonchev–Trinajstić information content (AvgIpc) is 2.81. The number of esters is 1. The van der Waals surface area contributed by atoms with Crippen molar-refractivity contribution in [3.05, 3.63) is 60.2 Å². The molecule has 0 aliphatic carbocycles. The number of hydrogen-bond acceptors (Lipinski definition) is 8. The largest absolute Gasteiger partial charge is 0.490 e. The quantitative estimate of drug-likeness (QED) is 0.355. The number of amides is 1. The number of carbonyl (C=O) groups is 2. The number of rotatable bonds is 8. The van der Waals surface area contributed by atoms with Crippen molar-refractivity contribution in [3.63, 3.8) is 0 Å². The second-order valence-electron chi connectivity index (χ2n) is 7.92. The van der Waals surface area contributed by atoms with E-state index in [0.717, 1.165) is 6.08 Å². The molecule has 4 rings (SSSR count). The zero-order valence-corrected chi connectivity index (χ0v) is 19.6. The van der Waals surface area contributed by atoms with Crippen molar-refractivity contribution in [3.8, 4) is 5.75 Å². The molecule has 1 aliphatic rings. The lowest BCUT2D eigenvalue weighted by Crippen LogP contribution is -2.45. The molecule has 2 heterocycles. The van der Waals surface area contributed by atoms with Gasteiger partial charge in [-0.25, -0.2) is 14.4 Å². The maximum Gasteiger partial charge on any atom is 0.320 e. The van der Waals surface area contributed by atoms with Crippen LogP contribution in [-0.2, 0) is 14.3 Å². The van der Waals surface area contributed by atoms with Crippen LogP contribution in [0.1, 0.15) is 6.92 Å². The highest BCUT2D eigenvalue weighted by Crippen LogP contribution is 2.34. The summed E-state index contributed by atoms with van der Waals surface area (Å²) in [5, 5.41) is 6.40. The molecule has 2 aromatic carbocycles. The summed E-state index contributed by atoms with van der Waals surface area (Å²) in [5.41, 5.74) is 1.48. The van der Waals surface area contributed by atoms with Crippen LogP contribution in [0.25, 0.3) is 10.9 Å². The van der Waals surface area contributed by atoms with Crippen LogP contribution in [0.3, 0.4) is 0 Å². The predicted molar refractivity (Wildman–Crippen MR) is 131 cm³/mol. The van der Waals surface area contributed by atoms with Crippen molar-refractivity contribution < 1.29 is 23.5 Å². The zero-order chi connectivity index (χ0) is 24.9. The normalized spacial score (nSPS) is 16.0. The number of fused-ring (bicyclic) bond motifs is 1. The average molecular weight is 500 g/mol. The summed E-state index contributed by atoms with van der Waals surface area (Å²) in [6.45, 7) is 6.90. The minimum absolute atomic E-state index is 0.0284. The van der Waals surface area contributed by atoms with Crippen LogP contribution < -0.4 is 15.4 Å². The van der Waals surface area contributed by atoms with Gasteiger partial charge in [0.15, 0.2) is 0 Å². The molecule has 1 fully saturated rings. The summed E-state index contributed by atoms with van der Waals surface area (Å²) in [4.78, 5) is 34.3. The Morgan fingerprint density at radius 1 is 1.37 bits per heavy atom. The summed E-state index contributed by atoms with van der Waals surface area (Å²) >= 11 is 5.89. The molecule has 3 aromatic rings. The van der Waals surface area contributed by atoms with E-state index in [1.807, 2.05) is 11.8 Å². The molecule has 35 heavy (non-hydrogen) atoms. The minimum atomic E-state index is -0.531. The van der Waals surface area contributed by atoms with Crippen molar-refractivity contribution in [1.29, 1.82) is 0 Å². The summed E-state index contributed by atoms with van der Waals surface area (Å²) in [6.07, 6.45) is 2.34. The van der Waals surface area contributed by atoms with Gasteiger partial charge >= 0.3 is 5.97 Å². The molecule has 0 unspecified atom stereocenters. The Bertz CT molecular complexity index is 1290. The molecular weight excluding hydrogens is 477 g/mol. The van der Waals surface area contributed by atoms with Crippen molar-refractivity contribution in [2.75, 3.05) is 36.9 Å². The monoisotopic (exact) mass is 499 g/mol. The Kier molecular flexibility index (Phi) is 7.42. The fraction of sp³-hybridized carbons (Fsp3) is 0.250. The Labute approximate surface area is 205 Å². The van der Waals surface area contributed by atoms with E-state index >= 15 is 0 Å². The first kappa shape index (κ1) is 24.4. The van der Waals surface area contributed by atoms with E-state index in [-0.39, 0.29) is 30.2 Å². The van der Waals surface area contributed by atoms with Crippen LogP contribution in [0.4, 0.5) is 21.6 Å². The van der Waals surface area contributed by atoms with Crippen LogP contribution in [-0.4, -0.2) is 59.1 Å². The number of aromatic nitrogens is 2. The van der Waals surface area contributed by atoms with E-state index in [1.165, 1.54) is 24.5 Å². The molecular formula is C24H23ClFN5O4. The van der Waals surface area contributed by atoms with Gasteiger partial charge in [-0.05, 0) is 37.3 Å². The molecule has 1 amide bonds. The fourth-order valence-corrected chi connectivity index (χ4v) is 3.84. The van der Waals surface area contributed by atoms with Gasteiger partial charge < -0.3 is 20.1 Å². The maximum atomic E-state index is 13.5. The molecule has 1 aromatic heterocycles. The number of halogens is 2. The summed E-state index contributed by atoms with van der Waals surface area (Å²) in [7, 11) is 0. The molecule has 0 bridgehead atoms.